The van der Waals surface area contributed by atoms with E-state index >= 15 is 0 Å². The predicted octanol–water partition coefficient (Wildman–Crippen LogP) is 5.14. The van der Waals surface area contributed by atoms with E-state index in [1.807, 2.05) is 60.5 Å². The number of cyclic esters (lactones) is 2. The Morgan fingerprint density at radius 1 is 1.04 bits per heavy atom. The highest BCUT2D eigenvalue weighted by Gasteiger charge is 2.54. The van der Waals surface area contributed by atoms with Crippen LogP contribution in [0.5, 0.6) is 0 Å². The van der Waals surface area contributed by atoms with Crippen molar-refractivity contribution in [3.05, 3.63) is 0 Å². The maximum Gasteiger partial charge on any atom is 0.509 e. The zero-order valence-electron chi connectivity index (χ0n) is 36.6. The summed E-state index contributed by atoms with van der Waals surface area (Å²) in [6.07, 6.45) is -5.92. The molecule has 3 aliphatic rings. The molecule has 0 aromatic heterocycles. The lowest BCUT2D eigenvalue weighted by molar-refractivity contribution is -0.311. The summed E-state index contributed by atoms with van der Waals surface area (Å²) in [7, 11) is 5.41. The van der Waals surface area contributed by atoms with Crippen LogP contribution in [0.1, 0.15) is 122 Å². The van der Waals surface area contributed by atoms with Crippen LogP contribution in [0.25, 0.3) is 0 Å². The summed E-state index contributed by atoms with van der Waals surface area (Å²) in [5.74, 6) is -3.28. The monoisotopic (exact) mass is 804 g/mol. The van der Waals surface area contributed by atoms with Crippen LogP contribution < -0.4 is 0 Å². The number of nitrogens with zero attached hydrogens (tertiary/aromatic N) is 1. The lowest BCUT2D eigenvalue weighted by atomic mass is 9.77. The number of likely N-dealkylation sites (N-methyl/N-ethyl adjacent to an activating group) is 1. The first-order chi connectivity index (χ1) is 25.9. The lowest BCUT2D eigenvalue weighted by Crippen LogP contribution is -2.60. The molecule has 0 amide bonds. The quantitative estimate of drug-likeness (QED) is 0.130. The molecule has 56 heavy (non-hydrogen) atoms. The molecule has 0 saturated carbocycles. The van der Waals surface area contributed by atoms with Crippen LogP contribution in [0, 0.1) is 17.8 Å². The summed E-state index contributed by atoms with van der Waals surface area (Å²) >= 11 is 0. The van der Waals surface area contributed by atoms with E-state index in [-0.39, 0.29) is 30.6 Å². The molecule has 3 heterocycles. The third kappa shape index (κ3) is 12.0. The Balaban J connectivity index is 2.14. The molecule has 2 N–H and O–H groups in total. The molecule has 326 valence electrons. The molecular formula is C41H73NO14. The van der Waals surface area contributed by atoms with E-state index in [9.17, 15) is 24.6 Å². The molecule has 3 aliphatic heterocycles. The van der Waals surface area contributed by atoms with Gasteiger partial charge in [0.05, 0.1) is 53.7 Å². The maximum absolute atomic E-state index is 14.4. The molecule has 15 heteroatoms. The Hall–Kier alpha value is -2.11. The number of hydrogen-bond donors (Lipinski definition) is 2. The van der Waals surface area contributed by atoms with Crippen LogP contribution in [0.3, 0.4) is 0 Å². The van der Waals surface area contributed by atoms with Gasteiger partial charge in [-0.2, -0.15) is 0 Å². The number of esters is 2. The fourth-order valence-corrected chi connectivity index (χ4v) is 8.55. The minimum Gasteiger partial charge on any atom is -0.458 e. The van der Waals surface area contributed by atoms with Crippen LogP contribution in [0.4, 0.5) is 4.79 Å². The van der Waals surface area contributed by atoms with Crippen molar-refractivity contribution >= 4 is 18.1 Å². The second kappa shape index (κ2) is 19.8. The van der Waals surface area contributed by atoms with Crippen molar-refractivity contribution in [2.24, 2.45) is 17.8 Å². The molecule has 15 nitrogen and oxygen atoms in total. The number of methoxy groups -OCH3 is 1. The standard InChI is InChI=1S/C41H73NO14/c1-16-17-31(41(12)28(8)51-38(46)56-41)53-36(45)26(6)33(54-32-21-39(10,48-15)20-24(4)49-32)25(5)35(40(11,47)19-22(2)27(7)43)55-37-34(52-29(9)44)30(42(13)14)18-23(3)50-37/h22-28,30-35,37,43,47H,16-21H2,1-15H3/t22-,23?,24?,25+,26-,27-,28-,30?,31-,32?,33+,34?,35-,37?,39?,40-,41+/m1/s1. The molecule has 0 spiro atoms. The molecule has 3 fully saturated rings. The third-order valence-electron chi connectivity index (χ3n) is 12.2. The van der Waals surface area contributed by atoms with Gasteiger partial charge in [-0.15, -0.1) is 0 Å². The second-order valence-electron chi connectivity index (χ2n) is 17.7. The second-order valence-corrected chi connectivity index (χ2v) is 17.7. The summed E-state index contributed by atoms with van der Waals surface area (Å²) in [4.78, 5) is 41.1. The Morgan fingerprint density at radius 2 is 1.68 bits per heavy atom. The number of rotatable bonds is 19. The first-order valence-corrected chi connectivity index (χ1v) is 20.4. The fourth-order valence-electron chi connectivity index (χ4n) is 8.55. The third-order valence-corrected chi connectivity index (χ3v) is 12.2. The zero-order chi connectivity index (χ0) is 42.5. The largest absolute Gasteiger partial charge is 0.509 e. The van der Waals surface area contributed by atoms with Crippen molar-refractivity contribution < 1.29 is 67.2 Å². The van der Waals surface area contributed by atoms with Gasteiger partial charge in [0.15, 0.2) is 24.3 Å². The van der Waals surface area contributed by atoms with Crippen molar-refractivity contribution in [2.45, 2.75) is 206 Å². The molecule has 0 aromatic rings. The van der Waals surface area contributed by atoms with E-state index in [2.05, 4.69) is 0 Å². The van der Waals surface area contributed by atoms with Gasteiger partial charge in [-0.25, -0.2) is 4.79 Å². The van der Waals surface area contributed by atoms with Crippen LogP contribution in [-0.4, -0.2) is 139 Å². The van der Waals surface area contributed by atoms with Gasteiger partial charge in [0, 0.05) is 32.8 Å². The number of aliphatic hydroxyl groups is 2. The average molecular weight is 804 g/mol. The summed E-state index contributed by atoms with van der Waals surface area (Å²) < 4.78 is 55.2. The van der Waals surface area contributed by atoms with Crippen molar-refractivity contribution in [1.82, 2.24) is 4.90 Å². The number of aliphatic hydroxyl groups excluding tert-OH is 1. The van der Waals surface area contributed by atoms with Crippen LogP contribution in [-0.2, 0) is 52.2 Å². The van der Waals surface area contributed by atoms with E-state index in [1.54, 1.807) is 41.7 Å². The van der Waals surface area contributed by atoms with Gasteiger partial charge in [-0.1, -0.05) is 27.2 Å². The molecule has 0 bridgehead atoms. The number of ether oxygens (including phenoxy) is 9. The van der Waals surface area contributed by atoms with Crippen molar-refractivity contribution in [2.75, 3.05) is 21.2 Å². The van der Waals surface area contributed by atoms with Gasteiger partial charge in [-0.05, 0) is 94.7 Å². The summed E-state index contributed by atoms with van der Waals surface area (Å²) in [6.45, 7) is 21.1. The first-order valence-electron chi connectivity index (χ1n) is 20.4. The molecule has 3 saturated heterocycles. The highest BCUT2D eigenvalue weighted by atomic mass is 16.8. The lowest BCUT2D eigenvalue weighted by Gasteiger charge is -2.48. The Morgan fingerprint density at radius 3 is 2.20 bits per heavy atom. The van der Waals surface area contributed by atoms with E-state index in [4.69, 9.17) is 42.6 Å². The van der Waals surface area contributed by atoms with Crippen molar-refractivity contribution in [1.29, 1.82) is 0 Å². The highest BCUT2D eigenvalue weighted by Crippen LogP contribution is 2.41. The molecule has 0 aromatic carbocycles. The van der Waals surface area contributed by atoms with Gasteiger partial charge >= 0.3 is 18.1 Å². The van der Waals surface area contributed by atoms with Crippen LogP contribution in [0.15, 0.2) is 0 Å². The Bertz CT molecular complexity index is 1300. The van der Waals surface area contributed by atoms with E-state index < -0.39 is 95.9 Å². The molecule has 0 aliphatic carbocycles. The van der Waals surface area contributed by atoms with Crippen LogP contribution in [0.2, 0.25) is 0 Å². The topological polar surface area (TPSA) is 178 Å². The minimum atomic E-state index is -1.65. The summed E-state index contributed by atoms with van der Waals surface area (Å²) in [5.41, 5.74) is -3.46. The number of hydrogen-bond acceptors (Lipinski definition) is 15. The van der Waals surface area contributed by atoms with E-state index in [0.29, 0.717) is 32.1 Å². The zero-order valence-corrected chi connectivity index (χ0v) is 36.6. The highest BCUT2D eigenvalue weighted by molar-refractivity contribution is 5.73. The van der Waals surface area contributed by atoms with E-state index in [0.717, 1.165) is 0 Å². The SMILES string of the molecule is CCC[C@@H](OC(=O)[C@H](C)[C@@H](OC1CC(C)(OC)CC(C)O1)[C@H](C)[C@@H](OC1OC(C)CC(N(C)C)C1OC(C)=O)[C@](C)(O)C[C@@H](C)[C@@H](C)O)[C@@]1(C)OC(=O)O[C@@H]1C. The molecule has 7 unspecified atom stereocenters. The van der Waals surface area contributed by atoms with Crippen molar-refractivity contribution in [3.63, 3.8) is 0 Å². The normalized spacial score (nSPS) is 35.9. The fraction of sp³-hybridized carbons (Fsp3) is 0.927. The predicted molar refractivity (Wildman–Crippen MR) is 205 cm³/mol. The van der Waals surface area contributed by atoms with E-state index in [1.165, 1.54) is 6.92 Å². The maximum atomic E-state index is 14.4. The summed E-state index contributed by atoms with van der Waals surface area (Å²) in [5, 5.41) is 23.1. The Labute approximate surface area is 334 Å². The Kier molecular flexibility index (Phi) is 17.0. The van der Waals surface area contributed by atoms with Gasteiger partial charge in [-0.3, -0.25) is 9.59 Å². The molecular weight excluding hydrogens is 730 g/mol. The van der Waals surface area contributed by atoms with Crippen LogP contribution >= 0.6 is 0 Å². The molecule has 0 radical (unpaired) electrons. The van der Waals surface area contributed by atoms with Gasteiger partial charge in [0.25, 0.3) is 0 Å². The summed E-state index contributed by atoms with van der Waals surface area (Å²) in [6, 6.07) is -0.275. The first kappa shape index (κ1) is 48.3. The van der Waals surface area contributed by atoms with Gasteiger partial charge in [0.1, 0.15) is 12.2 Å². The smallest absolute Gasteiger partial charge is 0.458 e. The average Bonchev–Trinajstić information content (AvgIpc) is 3.35. The van der Waals surface area contributed by atoms with Crippen molar-refractivity contribution in [3.8, 4) is 0 Å². The van der Waals surface area contributed by atoms with Gasteiger partial charge < -0.3 is 57.7 Å². The molecule has 17 atom stereocenters. The number of carbonyl (C=O) groups is 3. The minimum absolute atomic E-state index is 0.0989. The molecule has 3 rings (SSSR count). The van der Waals surface area contributed by atoms with Gasteiger partial charge in [0.2, 0.25) is 0 Å². The number of carbonyl (C=O) groups excluding carboxylic acids is 3.